The smallest absolute Gasteiger partial charge is 0.410 e. The number of nitrogens with zero attached hydrogens (tertiary/aromatic N) is 1. The summed E-state index contributed by atoms with van der Waals surface area (Å²) in [5.41, 5.74) is 5.01. The van der Waals surface area contributed by atoms with Crippen LogP contribution in [0.5, 0.6) is 0 Å². The third-order valence-electron chi connectivity index (χ3n) is 2.83. The van der Waals surface area contributed by atoms with E-state index in [4.69, 9.17) is 10.5 Å². The Hall–Kier alpha value is -1.30. The number of carbonyl (C=O) groups is 2. The molecule has 1 heterocycles. The first-order chi connectivity index (χ1) is 8.69. The number of piperidine rings is 1. The summed E-state index contributed by atoms with van der Waals surface area (Å²) in [7, 11) is 0. The minimum atomic E-state index is -0.531. The van der Waals surface area contributed by atoms with Gasteiger partial charge in [0, 0.05) is 19.1 Å². The number of hydrogen-bond donors (Lipinski definition) is 2. The summed E-state index contributed by atoms with van der Waals surface area (Å²) in [6.45, 7) is 8.30. The van der Waals surface area contributed by atoms with Gasteiger partial charge in [0.15, 0.2) is 0 Å². The second kappa shape index (κ2) is 6.23. The van der Waals surface area contributed by atoms with Gasteiger partial charge in [-0.15, -0.1) is 0 Å². The number of rotatable bonds is 2. The van der Waals surface area contributed by atoms with E-state index in [9.17, 15) is 9.59 Å². The van der Waals surface area contributed by atoms with Crippen molar-refractivity contribution in [3.05, 3.63) is 0 Å². The van der Waals surface area contributed by atoms with Crippen molar-refractivity contribution in [2.75, 3.05) is 13.1 Å². The van der Waals surface area contributed by atoms with Crippen LogP contribution in [0.4, 0.5) is 4.79 Å². The third kappa shape index (κ3) is 5.46. The molecule has 1 aliphatic rings. The highest BCUT2D eigenvalue weighted by Gasteiger charge is 2.28. The Kier molecular flexibility index (Phi) is 5.17. The molecule has 6 heteroatoms. The van der Waals surface area contributed by atoms with Crippen LogP contribution < -0.4 is 11.1 Å². The molecule has 1 aliphatic heterocycles. The molecule has 0 aromatic heterocycles. The summed E-state index contributed by atoms with van der Waals surface area (Å²) in [6.07, 6.45) is 1.38. The third-order valence-corrected chi connectivity index (χ3v) is 2.83. The van der Waals surface area contributed by atoms with Gasteiger partial charge < -0.3 is 20.7 Å². The Morgan fingerprint density at radius 3 is 2.58 bits per heavy atom. The molecule has 6 nitrogen and oxygen atoms in total. The molecule has 110 valence electrons. The normalized spacial score (nSPS) is 21.7. The van der Waals surface area contributed by atoms with Crippen LogP contribution in [0.2, 0.25) is 0 Å². The monoisotopic (exact) mass is 271 g/mol. The van der Waals surface area contributed by atoms with Gasteiger partial charge in [-0.05, 0) is 40.5 Å². The Balaban J connectivity index is 2.50. The molecule has 2 atom stereocenters. The van der Waals surface area contributed by atoms with Gasteiger partial charge in [0.1, 0.15) is 5.60 Å². The number of ether oxygens (including phenoxy) is 1. The zero-order valence-electron chi connectivity index (χ0n) is 12.2. The minimum Gasteiger partial charge on any atom is -0.444 e. The van der Waals surface area contributed by atoms with Crippen molar-refractivity contribution in [1.29, 1.82) is 0 Å². The van der Waals surface area contributed by atoms with Crippen LogP contribution in [-0.4, -0.2) is 47.7 Å². The molecule has 19 heavy (non-hydrogen) atoms. The fourth-order valence-electron chi connectivity index (χ4n) is 1.92. The molecule has 0 radical (unpaired) electrons. The molecule has 0 aromatic rings. The lowest BCUT2D eigenvalue weighted by atomic mass is 10.1. The molecule has 0 spiro atoms. The van der Waals surface area contributed by atoms with E-state index in [2.05, 4.69) is 5.32 Å². The highest BCUT2D eigenvalue weighted by Crippen LogP contribution is 2.15. The molecular formula is C13H25N3O3. The average Bonchev–Trinajstić information content (AvgIpc) is 2.27. The average molecular weight is 271 g/mol. The Bertz CT molecular complexity index is 337. The van der Waals surface area contributed by atoms with E-state index in [1.165, 1.54) is 0 Å². The summed E-state index contributed by atoms with van der Waals surface area (Å²) >= 11 is 0. The molecule has 1 rings (SSSR count). The summed E-state index contributed by atoms with van der Waals surface area (Å²) in [6, 6.07) is -0.573. The first-order valence-electron chi connectivity index (χ1n) is 6.73. The number of nitrogens with one attached hydrogen (secondary N) is 1. The van der Waals surface area contributed by atoms with Gasteiger partial charge >= 0.3 is 6.09 Å². The maximum absolute atomic E-state index is 11.9. The van der Waals surface area contributed by atoms with Crippen molar-refractivity contribution in [2.24, 2.45) is 5.73 Å². The number of nitrogens with two attached hydrogens (primary N) is 1. The fourth-order valence-corrected chi connectivity index (χ4v) is 1.92. The van der Waals surface area contributed by atoms with E-state index < -0.39 is 11.6 Å². The van der Waals surface area contributed by atoms with E-state index in [-0.39, 0.29) is 18.0 Å². The maximum Gasteiger partial charge on any atom is 0.410 e. The second-order valence-electron chi connectivity index (χ2n) is 6.06. The van der Waals surface area contributed by atoms with Crippen molar-refractivity contribution in [1.82, 2.24) is 10.2 Å². The predicted molar refractivity (Wildman–Crippen MR) is 72.6 cm³/mol. The summed E-state index contributed by atoms with van der Waals surface area (Å²) in [5.74, 6) is -0.184. The fraction of sp³-hybridized carbons (Fsp3) is 0.846. The molecular weight excluding hydrogens is 246 g/mol. The highest BCUT2D eigenvalue weighted by molar-refractivity contribution is 5.81. The van der Waals surface area contributed by atoms with Gasteiger partial charge in [0.05, 0.1) is 6.04 Å². The number of carbonyl (C=O) groups excluding carboxylic acids is 2. The highest BCUT2D eigenvalue weighted by atomic mass is 16.6. The van der Waals surface area contributed by atoms with Crippen molar-refractivity contribution >= 4 is 12.0 Å². The largest absolute Gasteiger partial charge is 0.444 e. The number of amides is 2. The van der Waals surface area contributed by atoms with Crippen LogP contribution in [0.25, 0.3) is 0 Å². The minimum absolute atomic E-state index is 0.0419. The molecule has 0 saturated carbocycles. The van der Waals surface area contributed by atoms with Crippen LogP contribution in [0.1, 0.15) is 40.5 Å². The summed E-state index contributed by atoms with van der Waals surface area (Å²) < 4.78 is 5.33. The standard InChI is InChI=1S/C13H25N3O3/c1-9(14)11(17)15-10-6-5-7-16(8-10)12(18)19-13(2,3)4/h9-10H,5-8,14H2,1-4H3,(H,15,17)/t9-,10-/m0/s1. The topological polar surface area (TPSA) is 84.7 Å². The van der Waals surface area contributed by atoms with Gasteiger partial charge in [-0.2, -0.15) is 0 Å². The quantitative estimate of drug-likeness (QED) is 0.779. The van der Waals surface area contributed by atoms with Crippen LogP contribution >= 0.6 is 0 Å². The molecule has 1 fully saturated rings. The SMILES string of the molecule is C[C@H](N)C(=O)N[C@H]1CCCN(C(=O)OC(C)(C)C)C1. The maximum atomic E-state index is 11.9. The van der Waals surface area contributed by atoms with Crippen LogP contribution in [0.3, 0.4) is 0 Å². The number of likely N-dealkylation sites (tertiary alicyclic amines) is 1. The van der Waals surface area contributed by atoms with Crippen molar-refractivity contribution in [3.63, 3.8) is 0 Å². The number of hydrogen-bond acceptors (Lipinski definition) is 4. The van der Waals surface area contributed by atoms with E-state index in [0.717, 1.165) is 12.8 Å². The molecule has 0 aliphatic carbocycles. The molecule has 0 unspecified atom stereocenters. The van der Waals surface area contributed by atoms with E-state index in [1.54, 1.807) is 11.8 Å². The van der Waals surface area contributed by atoms with Crippen molar-refractivity contribution < 1.29 is 14.3 Å². The predicted octanol–water partition coefficient (Wildman–Crippen LogP) is 0.849. The van der Waals surface area contributed by atoms with Crippen LogP contribution in [0, 0.1) is 0 Å². The zero-order chi connectivity index (χ0) is 14.6. The van der Waals surface area contributed by atoms with E-state index in [1.807, 2.05) is 20.8 Å². The summed E-state index contributed by atoms with van der Waals surface area (Å²) in [5, 5.41) is 2.85. The summed E-state index contributed by atoms with van der Waals surface area (Å²) in [4.78, 5) is 25.1. The lowest BCUT2D eigenvalue weighted by Gasteiger charge is -2.34. The Labute approximate surface area is 114 Å². The van der Waals surface area contributed by atoms with Gasteiger partial charge in [-0.3, -0.25) is 4.79 Å². The van der Waals surface area contributed by atoms with Gasteiger partial charge in [0.25, 0.3) is 0 Å². The molecule has 2 amide bonds. The van der Waals surface area contributed by atoms with Gasteiger partial charge in [0.2, 0.25) is 5.91 Å². The first kappa shape index (κ1) is 15.8. The molecule has 0 bridgehead atoms. The Morgan fingerprint density at radius 2 is 2.05 bits per heavy atom. The van der Waals surface area contributed by atoms with E-state index in [0.29, 0.717) is 13.1 Å². The molecule has 1 saturated heterocycles. The first-order valence-corrected chi connectivity index (χ1v) is 6.73. The van der Waals surface area contributed by atoms with Gasteiger partial charge in [-0.1, -0.05) is 0 Å². The Morgan fingerprint density at radius 1 is 1.42 bits per heavy atom. The van der Waals surface area contributed by atoms with Crippen molar-refractivity contribution in [3.8, 4) is 0 Å². The molecule has 0 aromatic carbocycles. The molecule has 3 N–H and O–H groups in total. The van der Waals surface area contributed by atoms with Gasteiger partial charge in [-0.25, -0.2) is 4.79 Å². The van der Waals surface area contributed by atoms with Crippen LogP contribution in [-0.2, 0) is 9.53 Å². The van der Waals surface area contributed by atoms with Crippen molar-refractivity contribution in [2.45, 2.75) is 58.2 Å². The zero-order valence-corrected chi connectivity index (χ0v) is 12.2. The second-order valence-corrected chi connectivity index (χ2v) is 6.06. The lowest BCUT2D eigenvalue weighted by molar-refractivity contribution is -0.123. The van der Waals surface area contributed by atoms with E-state index >= 15 is 0 Å². The van der Waals surface area contributed by atoms with Crippen LogP contribution in [0.15, 0.2) is 0 Å². The lowest BCUT2D eigenvalue weighted by Crippen LogP contribution is -2.53.